The Morgan fingerprint density at radius 1 is 1.50 bits per heavy atom. The average molecular weight is 345 g/mol. The molecule has 1 aromatic rings. The summed E-state index contributed by atoms with van der Waals surface area (Å²) < 4.78 is 11.1. The number of ether oxygens (including phenoxy) is 2. The number of alkyl halides is 1. The molecule has 0 saturated carbocycles. The van der Waals surface area contributed by atoms with Crippen molar-refractivity contribution in [3.63, 3.8) is 0 Å². The summed E-state index contributed by atoms with van der Waals surface area (Å²) in [7, 11) is 0. The Morgan fingerprint density at radius 3 is 2.80 bits per heavy atom. The van der Waals surface area contributed by atoms with Gasteiger partial charge in [-0.2, -0.15) is 0 Å². The minimum absolute atomic E-state index is 0.0307. The zero-order valence-corrected chi connectivity index (χ0v) is 12.9. The van der Waals surface area contributed by atoms with Crippen LogP contribution in [0.25, 0.3) is 0 Å². The van der Waals surface area contributed by atoms with Crippen LogP contribution in [0.4, 0.5) is 5.82 Å². The van der Waals surface area contributed by atoms with E-state index in [4.69, 9.17) is 9.47 Å². The van der Waals surface area contributed by atoms with Crippen molar-refractivity contribution < 1.29 is 14.4 Å². The molecule has 6 nitrogen and oxygen atoms in total. The highest BCUT2D eigenvalue weighted by atomic mass is 79.9. The molecule has 2 rings (SSSR count). The molecule has 2 heterocycles. The lowest BCUT2D eigenvalue weighted by Crippen LogP contribution is -2.36. The van der Waals surface area contributed by atoms with E-state index in [9.17, 15) is 10.1 Å². The quantitative estimate of drug-likeness (QED) is 0.466. The van der Waals surface area contributed by atoms with Gasteiger partial charge in [-0.15, -0.1) is 0 Å². The lowest BCUT2D eigenvalue weighted by Gasteiger charge is -2.35. The van der Waals surface area contributed by atoms with Crippen LogP contribution in [-0.2, 0) is 4.74 Å². The molecule has 1 aromatic heterocycles. The number of hydrogen-bond acceptors (Lipinski definition) is 5. The van der Waals surface area contributed by atoms with Crippen LogP contribution in [-0.4, -0.2) is 35.1 Å². The Balaban J connectivity index is 2.11. The summed E-state index contributed by atoms with van der Waals surface area (Å²) in [5, 5.41) is 11.8. The second-order valence-electron chi connectivity index (χ2n) is 5.07. The standard InChI is InChI=1S/C13H17BrN2O4/c1-10-2-3-11(12(15-10)16(17)18)20-9-13(8-14)4-6-19-7-5-13/h2-3H,4-9H2,1H3. The highest BCUT2D eigenvalue weighted by molar-refractivity contribution is 9.09. The summed E-state index contributed by atoms with van der Waals surface area (Å²) in [5.41, 5.74) is 0.571. The first-order chi connectivity index (χ1) is 9.56. The van der Waals surface area contributed by atoms with Gasteiger partial charge in [0.25, 0.3) is 0 Å². The molecule has 0 atom stereocenters. The van der Waals surface area contributed by atoms with Crippen molar-refractivity contribution in [3.8, 4) is 5.75 Å². The first kappa shape index (κ1) is 15.2. The minimum atomic E-state index is -0.507. The van der Waals surface area contributed by atoms with Gasteiger partial charge in [0.2, 0.25) is 5.75 Å². The molecule has 1 saturated heterocycles. The lowest BCUT2D eigenvalue weighted by molar-refractivity contribution is -0.390. The fraction of sp³-hybridized carbons (Fsp3) is 0.615. The molecule has 0 aliphatic carbocycles. The van der Waals surface area contributed by atoms with Crippen LogP contribution in [0.15, 0.2) is 12.1 Å². The maximum Gasteiger partial charge on any atom is 0.406 e. The minimum Gasteiger partial charge on any atom is -0.485 e. The molecule has 7 heteroatoms. The van der Waals surface area contributed by atoms with Crippen molar-refractivity contribution >= 4 is 21.7 Å². The Hall–Kier alpha value is -1.21. The summed E-state index contributed by atoms with van der Waals surface area (Å²) in [6.45, 7) is 3.54. The van der Waals surface area contributed by atoms with E-state index in [2.05, 4.69) is 20.9 Å². The number of halogens is 1. The first-order valence-electron chi connectivity index (χ1n) is 6.45. The van der Waals surface area contributed by atoms with Gasteiger partial charge in [0, 0.05) is 30.9 Å². The second kappa shape index (κ2) is 6.49. The van der Waals surface area contributed by atoms with Crippen LogP contribution in [0.3, 0.4) is 0 Å². The molecule has 0 N–H and O–H groups in total. The topological polar surface area (TPSA) is 74.5 Å². The third kappa shape index (κ3) is 3.46. The van der Waals surface area contributed by atoms with E-state index in [-0.39, 0.29) is 17.0 Å². The smallest absolute Gasteiger partial charge is 0.406 e. The van der Waals surface area contributed by atoms with E-state index < -0.39 is 4.92 Å². The molecular formula is C13H17BrN2O4. The van der Waals surface area contributed by atoms with E-state index in [1.807, 2.05) is 0 Å². The number of pyridine rings is 1. The number of aryl methyl sites for hydroxylation is 1. The Morgan fingerprint density at radius 2 is 2.20 bits per heavy atom. The van der Waals surface area contributed by atoms with E-state index in [0.717, 1.165) is 18.2 Å². The van der Waals surface area contributed by atoms with Crippen LogP contribution >= 0.6 is 15.9 Å². The summed E-state index contributed by atoms with van der Waals surface area (Å²) in [4.78, 5) is 14.4. The van der Waals surface area contributed by atoms with E-state index >= 15 is 0 Å². The van der Waals surface area contributed by atoms with Crippen molar-refractivity contribution in [3.05, 3.63) is 27.9 Å². The van der Waals surface area contributed by atoms with Gasteiger partial charge in [-0.1, -0.05) is 15.9 Å². The zero-order valence-electron chi connectivity index (χ0n) is 11.3. The first-order valence-corrected chi connectivity index (χ1v) is 7.57. The summed E-state index contributed by atoms with van der Waals surface area (Å²) >= 11 is 3.52. The molecule has 0 bridgehead atoms. The molecule has 0 spiro atoms. The molecule has 1 aliphatic heterocycles. The molecular weight excluding hydrogens is 328 g/mol. The summed E-state index contributed by atoms with van der Waals surface area (Å²) in [6, 6.07) is 3.33. The van der Waals surface area contributed by atoms with Gasteiger partial charge in [0.15, 0.2) is 0 Å². The van der Waals surface area contributed by atoms with E-state index in [1.165, 1.54) is 0 Å². The lowest BCUT2D eigenvalue weighted by atomic mass is 9.83. The van der Waals surface area contributed by atoms with Gasteiger partial charge in [-0.3, -0.25) is 0 Å². The molecule has 20 heavy (non-hydrogen) atoms. The number of nitro groups is 1. The van der Waals surface area contributed by atoms with Crippen molar-refractivity contribution in [2.75, 3.05) is 25.2 Å². The second-order valence-corrected chi connectivity index (χ2v) is 5.63. The summed E-state index contributed by atoms with van der Waals surface area (Å²) in [6.07, 6.45) is 1.76. The van der Waals surface area contributed by atoms with Crippen molar-refractivity contribution in [2.45, 2.75) is 19.8 Å². The van der Waals surface area contributed by atoms with Crippen molar-refractivity contribution in [2.24, 2.45) is 5.41 Å². The maximum atomic E-state index is 11.0. The van der Waals surface area contributed by atoms with Crippen LogP contribution in [0.5, 0.6) is 5.75 Å². The molecule has 0 radical (unpaired) electrons. The van der Waals surface area contributed by atoms with Crippen LogP contribution in [0.1, 0.15) is 18.5 Å². The highest BCUT2D eigenvalue weighted by Gasteiger charge is 2.33. The monoisotopic (exact) mass is 344 g/mol. The number of nitrogens with zero attached hydrogens (tertiary/aromatic N) is 2. The van der Waals surface area contributed by atoms with Gasteiger partial charge in [0.05, 0.1) is 6.61 Å². The fourth-order valence-corrected chi connectivity index (χ4v) is 2.85. The molecule has 0 amide bonds. The number of aromatic nitrogens is 1. The third-order valence-corrected chi connectivity index (χ3v) is 4.71. The molecule has 0 unspecified atom stereocenters. The summed E-state index contributed by atoms with van der Waals surface area (Å²) in [5.74, 6) is 0.00852. The van der Waals surface area contributed by atoms with Crippen molar-refractivity contribution in [1.29, 1.82) is 0 Å². The van der Waals surface area contributed by atoms with Gasteiger partial charge < -0.3 is 19.6 Å². The van der Waals surface area contributed by atoms with Gasteiger partial charge in [-0.05, 0) is 34.9 Å². The average Bonchev–Trinajstić information content (AvgIpc) is 2.47. The molecule has 0 aromatic carbocycles. The third-order valence-electron chi connectivity index (χ3n) is 3.52. The van der Waals surface area contributed by atoms with Crippen molar-refractivity contribution in [1.82, 2.24) is 4.98 Å². The molecule has 1 fully saturated rings. The van der Waals surface area contributed by atoms with E-state index in [1.54, 1.807) is 19.1 Å². The van der Waals surface area contributed by atoms with E-state index in [0.29, 0.717) is 25.5 Å². The van der Waals surface area contributed by atoms with Crippen LogP contribution < -0.4 is 4.74 Å². The predicted molar refractivity (Wildman–Crippen MR) is 77.4 cm³/mol. The number of hydrogen-bond donors (Lipinski definition) is 0. The normalized spacial score (nSPS) is 17.7. The fourth-order valence-electron chi connectivity index (χ4n) is 2.13. The maximum absolute atomic E-state index is 11.0. The largest absolute Gasteiger partial charge is 0.485 e. The predicted octanol–water partition coefficient (Wildman–Crippen LogP) is 2.87. The van der Waals surface area contributed by atoms with Crippen LogP contribution in [0.2, 0.25) is 0 Å². The molecule has 110 valence electrons. The number of rotatable bonds is 5. The Bertz CT molecular complexity index is 489. The van der Waals surface area contributed by atoms with Crippen LogP contribution in [0, 0.1) is 22.5 Å². The van der Waals surface area contributed by atoms with Gasteiger partial charge in [-0.25, -0.2) is 0 Å². The van der Waals surface area contributed by atoms with Gasteiger partial charge in [0.1, 0.15) is 5.69 Å². The highest BCUT2D eigenvalue weighted by Crippen LogP contribution is 2.34. The molecule has 1 aliphatic rings. The Kier molecular flexibility index (Phi) is 4.93. The van der Waals surface area contributed by atoms with Gasteiger partial charge >= 0.3 is 5.82 Å². The Labute approximate surface area is 125 Å². The zero-order chi connectivity index (χ0) is 14.6. The SMILES string of the molecule is Cc1ccc(OCC2(CBr)CCOCC2)c([N+](=O)[O-])n1.